The zero-order valence-electron chi connectivity index (χ0n) is 13.2. The molecule has 2 atom stereocenters. The van der Waals surface area contributed by atoms with Crippen molar-refractivity contribution in [3.8, 4) is 0 Å². The largest absolute Gasteiger partial charge is 0.443 e. The lowest BCUT2D eigenvalue weighted by atomic mass is 9.97. The number of halogens is 2. The maximum Gasteiger partial charge on any atom is 0.407 e. The lowest BCUT2D eigenvalue weighted by Crippen LogP contribution is -2.45. The van der Waals surface area contributed by atoms with Crippen LogP contribution in [0.5, 0.6) is 0 Å². The molecule has 1 aliphatic rings. The lowest BCUT2D eigenvalue weighted by Gasteiger charge is -2.32. The molecule has 0 unspecified atom stereocenters. The minimum absolute atomic E-state index is 0.0777. The van der Waals surface area contributed by atoms with Gasteiger partial charge >= 0.3 is 6.09 Å². The summed E-state index contributed by atoms with van der Waals surface area (Å²) < 4.78 is 37.8. The van der Waals surface area contributed by atoms with Crippen molar-refractivity contribution in [3.05, 3.63) is 35.4 Å². The van der Waals surface area contributed by atoms with Gasteiger partial charge in [-0.05, 0) is 39.0 Å². The maximum atomic E-state index is 13.9. The standard InChI is InChI=1S/C16H19F2NO4/c1-16(2,3)19-15(21)23-13-7-10(20)8-22-14(13)11-6-9(17)4-5-12(11)18/h4-6,13-14H,7-8H2,1-3H3,(H,19,21)/t13-,14-/m0/s1. The zero-order valence-corrected chi connectivity index (χ0v) is 13.2. The van der Waals surface area contributed by atoms with Crippen LogP contribution in [0.25, 0.3) is 0 Å². The van der Waals surface area contributed by atoms with Gasteiger partial charge in [0.2, 0.25) is 0 Å². The number of hydrogen-bond acceptors (Lipinski definition) is 4. The number of Topliss-reactive ketones (excluding diaryl/α,β-unsaturated/α-hetero) is 1. The summed E-state index contributed by atoms with van der Waals surface area (Å²) in [6.07, 6.45) is -2.91. The summed E-state index contributed by atoms with van der Waals surface area (Å²) in [5, 5.41) is 2.58. The van der Waals surface area contributed by atoms with Crippen molar-refractivity contribution in [1.29, 1.82) is 0 Å². The Kier molecular flexibility index (Phi) is 4.99. The molecule has 0 radical (unpaired) electrons. The Hall–Kier alpha value is -2.02. The van der Waals surface area contributed by atoms with Gasteiger partial charge in [-0.2, -0.15) is 0 Å². The van der Waals surface area contributed by atoms with Crippen molar-refractivity contribution in [2.45, 2.75) is 44.9 Å². The zero-order chi connectivity index (χ0) is 17.2. The van der Waals surface area contributed by atoms with Crippen LogP contribution < -0.4 is 5.32 Å². The highest BCUT2D eigenvalue weighted by molar-refractivity contribution is 5.81. The highest BCUT2D eigenvalue weighted by Crippen LogP contribution is 2.31. The summed E-state index contributed by atoms with van der Waals surface area (Å²) in [5.41, 5.74) is -0.609. The van der Waals surface area contributed by atoms with E-state index in [9.17, 15) is 18.4 Å². The van der Waals surface area contributed by atoms with Crippen LogP contribution in [-0.2, 0) is 14.3 Å². The Bertz CT molecular complexity index is 613. The second-order valence-electron chi connectivity index (χ2n) is 6.46. The van der Waals surface area contributed by atoms with Gasteiger partial charge in [0.1, 0.15) is 30.4 Å². The third-order valence-corrected chi connectivity index (χ3v) is 3.19. The fraction of sp³-hybridized carbons (Fsp3) is 0.500. The van der Waals surface area contributed by atoms with E-state index in [-0.39, 0.29) is 24.4 Å². The van der Waals surface area contributed by atoms with Crippen molar-refractivity contribution < 1.29 is 27.8 Å². The summed E-state index contributed by atoms with van der Waals surface area (Å²) in [6.45, 7) is 5.06. The monoisotopic (exact) mass is 327 g/mol. The Morgan fingerprint density at radius 3 is 2.70 bits per heavy atom. The normalized spacial score (nSPS) is 21.9. The van der Waals surface area contributed by atoms with Crippen molar-refractivity contribution in [2.75, 3.05) is 6.61 Å². The molecule has 1 aliphatic heterocycles. The molecule has 1 aromatic rings. The number of amides is 1. The molecule has 7 heteroatoms. The first-order valence-corrected chi connectivity index (χ1v) is 7.23. The number of alkyl carbamates (subject to hydrolysis) is 1. The fourth-order valence-corrected chi connectivity index (χ4v) is 2.28. The van der Waals surface area contributed by atoms with Gasteiger partial charge in [-0.1, -0.05) is 0 Å². The molecule has 0 aliphatic carbocycles. The van der Waals surface area contributed by atoms with Crippen LogP contribution in [0, 0.1) is 11.6 Å². The predicted molar refractivity (Wildman–Crippen MR) is 77.8 cm³/mol. The summed E-state index contributed by atoms with van der Waals surface area (Å²) in [7, 11) is 0. The van der Waals surface area contributed by atoms with Crippen molar-refractivity contribution in [2.24, 2.45) is 0 Å². The van der Waals surface area contributed by atoms with Gasteiger partial charge in [-0.15, -0.1) is 0 Å². The third kappa shape index (κ3) is 4.72. The van der Waals surface area contributed by atoms with Crippen LogP contribution in [0.1, 0.15) is 38.9 Å². The van der Waals surface area contributed by atoms with Gasteiger partial charge in [0, 0.05) is 17.5 Å². The number of carbonyl (C=O) groups excluding carboxylic acids is 2. The fourth-order valence-electron chi connectivity index (χ4n) is 2.28. The van der Waals surface area contributed by atoms with Gasteiger partial charge < -0.3 is 14.8 Å². The number of benzene rings is 1. The van der Waals surface area contributed by atoms with Crippen LogP contribution in [-0.4, -0.2) is 30.1 Å². The molecular formula is C16H19F2NO4. The summed E-state index contributed by atoms with van der Waals surface area (Å²) >= 11 is 0. The van der Waals surface area contributed by atoms with E-state index in [0.717, 1.165) is 18.2 Å². The third-order valence-electron chi connectivity index (χ3n) is 3.19. The summed E-state index contributed by atoms with van der Waals surface area (Å²) in [6, 6.07) is 2.93. The molecule has 1 fully saturated rings. The van der Waals surface area contributed by atoms with E-state index in [4.69, 9.17) is 9.47 Å². The Balaban J connectivity index is 2.21. The highest BCUT2D eigenvalue weighted by atomic mass is 19.1. The molecule has 1 aromatic carbocycles. The molecule has 1 amide bonds. The van der Waals surface area contributed by atoms with Crippen molar-refractivity contribution in [1.82, 2.24) is 5.32 Å². The maximum absolute atomic E-state index is 13.9. The number of ketones is 1. The molecule has 5 nitrogen and oxygen atoms in total. The van der Waals surface area contributed by atoms with E-state index >= 15 is 0 Å². The molecule has 0 spiro atoms. The Morgan fingerprint density at radius 1 is 1.35 bits per heavy atom. The number of hydrogen-bond donors (Lipinski definition) is 1. The molecule has 126 valence electrons. The van der Waals surface area contributed by atoms with Gasteiger partial charge in [0.05, 0.1) is 0 Å². The van der Waals surface area contributed by atoms with Crippen LogP contribution in [0.2, 0.25) is 0 Å². The minimum Gasteiger partial charge on any atom is -0.443 e. The minimum atomic E-state index is -1.03. The molecular weight excluding hydrogens is 308 g/mol. The predicted octanol–water partition coefficient (Wildman–Crippen LogP) is 2.89. The second-order valence-corrected chi connectivity index (χ2v) is 6.46. The molecule has 0 aromatic heterocycles. The Morgan fingerprint density at radius 2 is 2.04 bits per heavy atom. The van der Waals surface area contributed by atoms with Crippen molar-refractivity contribution >= 4 is 11.9 Å². The van der Waals surface area contributed by atoms with E-state index in [1.807, 2.05) is 0 Å². The summed E-state index contributed by atoms with van der Waals surface area (Å²) in [4.78, 5) is 23.5. The van der Waals surface area contributed by atoms with Gasteiger partial charge in [0.15, 0.2) is 5.78 Å². The molecule has 2 rings (SSSR count). The van der Waals surface area contributed by atoms with Crippen molar-refractivity contribution in [3.63, 3.8) is 0 Å². The van der Waals surface area contributed by atoms with Gasteiger partial charge in [-0.3, -0.25) is 4.79 Å². The van der Waals surface area contributed by atoms with Gasteiger partial charge in [-0.25, -0.2) is 13.6 Å². The van der Waals surface area contributed by atoms with E-state index < -0.39 is 35.5 Å². The molecule has 1 heterocycles. The Labute approximate surface area is 133 Å². The van der Waals surface area contributed by atoms with E-state index in [1.54, 1.807) is 20.8 Å². The average molecular weight is 327 g/mol. The first kappa shape index (κ1) is 17.3. The van der Waals surface area contributed by atoms with E-state index in [2.05, 4.69) is 5.32 Å². The first-order valence-electron chi connectivity index (χ1n) is 7.23. The number of nitrogens with one attached hydrogen (secondary N) is 1. The topological polar surface area (TPSA) is 64.6 Å². The number of carbonyl (C=O) groups is 2. The number of ether oxygens (including phenoxy) is 2. The highest BCUT2D eigenvalue weighted by Gasteiger charge is 2.36. The quantitative estimate of drug-likeness (QED) is 0.907. The molecule has 1 N–H and O–H groups in total. The smallest absolute Gasteiger partial charge is 0.407 e. The molecule has 1 saturated heterocycles. The van der Waals surface area contributed by atoms with E-state index in [1.165, 1.54) is 0 Å². The second kappa shape index (κ2) is 6.62. The molecule has 23 heavy (non-hydrogen) atoms. The van der Waals surface area contributed by atoms with Crippen LogP contribution in [0.15, 0.2) is 18.2 Å². The SMILES string of the molecule is CC(C)(C)NC(=O)O[C@H]1CC(=O)CO[C@H]1c1cc(F)ccc1F. The first-order chi connectivity index (χ1) is 10.7. The molecule has 0 saturated carbocycles. The van der Waals surface area contributed by atoms with Gasteiger partial charge in [0.25, 0.3) is 0 Å². The average Bonchev–Trinajstić information content (AvgIpc) is 2.40. The summed E-state index contributed by atoms with van der Waals surface area (Å²) in [5.74, 6) is -1.60. The van der Waals surface area contributed by atoms with Crippen LogP contribution >= 0.6 is 0 Å². The van der Waals surface area contributed by atoms with Crippen LogP contribution in [0.3, 0.4) is 0 Å². The number of rotatable bonds is 2. The lowest BCUT2D eigenvalue weighted by molar-refractivity contribution is -0.143. The van der Waals surface area contributed by atoms with E-state index in [0.29, 0.717) is 0 Å². The van der Waals surface area contributed by atoms with Crippen LogP contribution in [0.4, 0.5) is 13.6 Å². The molecule has 0 bridgehead atoms.